The van der Waals surface area contributed by atoms with Crippen LogP contribution in [0.4, 0.5) is 0 Å². The van der Waals surface area contributed by atoms with Crippen molar-refractivity contribution < 1.29 is 13.2 Å². The van der Waals surface area contributed by atoms with Crippen molar-refractivity contribution in [2.45, 2.75) is 77.8 Å². The van der Waals surface area contributed by atoms with Gasteiger partial charge in [0.05, 0.1) is 17.8 Å². The molecule has 0 radical (unpaired) electrons. The smallest absolute Gasteiger partial charge is 0.238 e. The van der Waals surface area contributed by atoms with E-state index in [1.54, 1.807) is 0 Å². The SMILES string of the molecule is CC(C)N1C(=O)CN(S(=O)(=O)CCC2CCCCC2)CC1(C)C. The maximum atomic E-state index is 12.7. The highest BCUT2D eigenvalue weighted by Crippen LogP contribution is 2.29. The molecule has 1 heterocycles. The molecule has 0 bridgehead atoms. The van der Waals surface area contributed by atoms with Gasteiger partial charge in [0.25, 0.3) is 0 Å². The zero-order chi connectivity index (χ0) is 17.3. The number of nitrogens with zero attached hydrogens (tertiary/aromatic N) is 2. The van der Waals surface area contributed by atoms with Gasteiger partial charge in [-0.15, -0.1) is 0 Å². The van der Waals surface area contributed by atoms with Crippen molar-refractivity contribution in [1.82, 2.24) is 9.21 Å². The first-order valence-electron chi connectivity index (χ1n) is 8.93. The minimum atomic E-state index is -3.35. The summed E-state index contributed by atoms with van der Waals surface area (Å²) in [5.41, 5.74) is -0.457. The van der Waals surface area contributed by atoms with Gasteiger partial charge < -0.3 is 4.90 Å². The number of amides is 1. The first kappa shape index (κ1) is 18.7. The molecule has 2 aliphatic rings. The van der Waals surface area contributed by atoms with Gasteiger partial charge in [-0.3, -0.25) is 4.79 Å². The number of hydrogen-bond donors (Lipinski definition) is 0. The maximum absolute atomic E-state index is 12.7. The minimum absolute atomic E-state index is 0.00535. The lowest BCUT2D eigenvalue weighted by molar-refractivity contribution is -0.144. The summed E-state index contributed by atoms with van der Waals surface area (Å²) < 4.78 is 26.8. The highest BCUT2D eigenvalue weighted by atomic mass is 32.2. The molecule has 1 aliphatic heterocycles. The van der Waals surface area contributed by atoms with Gasteiger partial charge in [0, 0.05) is 12.6 Å². The predicted molar refractivity (Wildman–Crippen MR) is 92.6 cm³/mol. The molecular weight excluding hydrogens is 312 g/mol. The topological polar surface area (TPSA) is 57.7 Å². The Morgan fingerprint density at radius 3 is 2.30 bits per heavy atom. The quantitative estimate of drug-likeness (QED) is 0.770. The fraction of sp³-hybridized carbons (Fsp3) is 0.941. The van der Waals surface area contributed by atoms with Crippen LogP contribution in [0.25, 0.3) is 0 Å². The molecule has 2 fully saturated rings. The lowest BCUT2D eigenvalue weighted by atomic mass is 9.88. The van der Waals surface area contributed by atoms with E-state index in [2.05, 4.69) is 0 Å². The summed E-state index contributed by atoms with van der Waals surface area (Å²) >= 11 is 0. The van der Waals surface area contributed by atoms with Gasteiger partial charge in [-0.05, 0) is 40.0 Å². The molecule has 5 nitrogen and oxygen atoms in total. The summed E-state index contributed by atoms with van der Waals surface area (Å²) in [6.45, 7) is 8.25. The van der Waals surface area contributed by atoms with Gasteiger partial charge >= 0.3 is 0 Å². The summed E-state index contributed by atoms with van der Waals surface area (Å²) in [5, 5.41) is 0. The zero-order valence-corrected chi connectivity index (χ0v) is 15.9. The van der Waals surface area contributed by atoms with Crippen molar-refractivity contribution in [2.24, 2.45) is 5.92 Å². The Kier molecular flexibility index (Phi) is 5.77. The highest BCUT2D eigenvalue weighted by molar-refractivity contribution is 7.89. The Bertz CT molecular complexity index is 522. The van der Waals surface area contributed by atoms with Crippen LogP contribution in [0.1, 0.15) is 66.2 Å². The molecule has 0 N–H and O–H groups in total. The molecule has 6 heteroatoms. The van der Waals surface area contributed by atoms with Gasteiger partial charge in [0.15, 0.2) is 0 Å². The van der Waals surface area contributed by atoms with Crippen molar-refractivity contribution >= 4 is 15.9 Å². The molecule has 0 aromatic heterocycles. The molecule has 0 spiro atoms. The average Bonchev–Trinajstić information content (AvgIpc) is 2.44. The fourth-order valence-corrected chi connectivity index (χ4v) is 5.94. The number of sulfonamides is 1. The molecule has 1 aliphatic carbocycles. The Hall–Kier alpha value is -0.620. The van der Waals surface area contributed by atoms with Crippen LogP contribution >= 0.6 is 0 Å². The normalized spacial score (nSPS) is 24.4. The van der Waals surface area contributed by atoms with E-state index < -0.39 is 15.6 Å². The third-order valence-corrected chi connectivity index (χ3v) is 7.01. The molecule has 0 aromatic rings. The number of hydrogen-bond acceptors (Lipinski definition) is 3. The number of carbonyl (C=O) groups excluding carboxylic acids is 1. The lowest BCUT2D eigenvalue weighted by Crippen LogP contribution is -2.65. The number of rotatable bonds is 5. The summed E-state index contributed by atoms with van der Waals surface area (Å²) in [7, 11) is -3.35. The first-order chi connectivity index (χ1) is 10.6. The van der Waals surface area contributed by atoms with E-state index in [1.807, 2.05) is 32.6 Å². The second-order valence-electron chi connectivity index (χ2n) is 8.05. The lowest BCUT2D eigenvalue weighted by Gasteiger charge is -2.48. The van der Waals surface area contributed by atoms with Crippen molar-refractivity contribution in [3.05, 3.63) is 0 Å². The summed E-state index contributed by atoms with van der Waals surface area (Å²) in [6.07, 6.45) is 6.78. The van der Waals surface area contributed by atoms with E-state index in [1.165, 1.54) is 23.6 Å². The van der Waals surface area contributed by atoms with E-state index in [4.69, 9.17) is 0 Å². The first-order valence-corrected chi connectivity index (χ1v) is 10.5. The van der Waals surface area contributed by atoms with Gasteiger partial charge in [-0.2, -0.15) is 4.31 Å². The number of carbonyl (C=O) groups is 1. The zero-order valence-electron chi connectivity index (χ0n) is 15.0. The molecule has 134 valence electrons. The Morgan fingerprint density at radius 1 is 1.17 bits per heavy atom. The van der Waals surface area contributed by atoms with Crippen LogP contribution in [0.15, 0.2) is 0 Å². The van der Waals surface area contributed by atoms with Crippen molar-refractivity contribution in [3.63, 3.8) is 0 Å². The molecule has 0 unspecified atom stereocenters. The van der Waals surface area contributed by atoms with Gasteiger partial charge in [-0.1, -0.05) is 32.1 Å². The summed E-state index contributed by atoms with van der Waals surface area (Å²) in [5.74, 6) is 0.638. The Labute approximate surface area is 141 Å². The molecular formula is C17H32N2O3S. The monoisotopic (exact) mass is 344 g/mol. The van der Waals surface area contributed by atoms with Gasteiger partial charge in [0.1, 0.15) is 0 Å². The van der Waals surface area contributed by atoms with Crippen LogP contribution in [0, 0.1) is 5.92 Å². The predicted octanol–water partition coefficient (Wildman–Crippen LogP) is 2.62. The van der Waals surface area contributed by atoms with Crippen LogP contribution in [0.5, 0.6) is 0 Å². The largest absolute Gasteiger partial charge is 0.333 e. The average molecular weight is 345 g/mol. The number of piperazine rings is 1. The Morgan fingerprint density at radius 2 is 1.78 bits per heavy atom. The van der Waals surface area contributed by atoms with E-state index in [9.17, 15) is 13.2 Å². The third kappa shape index (κ3) is 4.47. The van der Waals surface area contributed by atoms with Crippen LogP contribution in [-0.2, 0) is 14.8 Å². The van der Waals surface area contributed by atoms with Crippen molar-refractivity contribution in [3.8, 4) is 0 Å². The van der Waals surface area contributed by atoms with Gasteiger partial charge in [0.2, 0.25) is 15.9 Å². The van der Waals surface area contributed by atoms with Crippen LogP contribution in [0.3, 0.4) is 0 Å². The summed E-state index contributed by atoms with van der Waals surface area (Å²) in [4.78, 5) is 14.3. The van der Waals surface area contributed by atoms with Crippen LogP contribution in [0.2, 0.25) is 0 Å². The van der Waals surface area contributed by atoms with Crippen LogP contribution in [-0.4, -0.2) is 54.0 Å². The molecule has 1 amide bonds. The minimum Gasteiger partial charge on any atom is -0.333 e. The standard InChI is InChI=1S/C17H32N2O3S/c1-14(2)19-16(20)12-18(13-17(19,3)4)23(21,22)11-10-15-8-6-5-7-9-15/h14-15H,5-13H2,1-4H3. The molecule has 2 rings (SSSR count). The maximum Gasteiger partial charge on any atom is 0.238 e. The fourth-order valence-electron chi connectivity index (χ4n) is 4.23. The molecule has 0 aromatic carbocycles. The van der Waals surface area contributed by atoms with E-state index >= 15 is 0 Å². The van der Waals surface area contributed by atoms with E-state index in [0.717, 1.165) is 19.3 Å². The van der Waals surface area contributed by atoms with Crippen molar-refractivity contribution in [2.75, 3.05) is 18.8 Å². The molecule has 0 atom stereocenters. The second kappa shape index (κ2) is 7.09. The molecule has 23 heavy (non-hydrogen) atoms. The van der Waals surface area contributed by atoms with Gasteiger partial charge in [-0.25, -0.2) is 8.42 Å². The molecule has 1 saturated carbocycles. The Balaban J connectivity index is 2.01. The second-order valence-corrected chi connectivity index (χ2v) is 10.1. The third-order valence-electron chi connectivity index (χ3n) is 5.21. The molecule has 1 saturated heterocycles. The summed E-state index contributed by atoms with van der Waals surface area (Å²) in [6, 6.07) is 0.0876. The van der Waals surface area contributed by atoms with Crippen molar-refractivity contribution in [1.29, 1.82) is 0 Å². The highest BCUT2D eigenvalue weighted by Gasteiger charge is 2.43. The van der Waals surface area contributed by atoms with E-state index in [-0.39, 0.29) is 24.2 Å². The van der Waals surface area contributed by atoms with Crippen LogP contribution < -0.4 is 0 Å². The van der Waals surface area contributed by atoms with E-state index in [0.29, 0.717) is 12.5 Å².